The highest BCUT2D eigenvalue weighted by molar-refractivity contribution is 7.98. The second-order valence-corrected chi connectivity index (χ2v) is 14.5. The van der Waals surface area contributed by atoms with Crippen molar-refractivity contribution in [1.82, 2.24) is 28.9 Å². The van der Waals surface area contributed by atoms with Crippen LogP contribution >= 0.6 is 11.6 Å². The van der Waals surface area contributed by atoms with E-state index in [9.17, 15) is 13.4 Å². The summed E-state index contributed by atoms with van der Waals surface area (Å²) in [6.07, 6.45) is 9.28. The number of carbonyl (C=O) groups is 1. The van der Waals surface area contributed by atoms with Gasteiger partial charge in [0.05, 0.1) is 32.7 Å². The molecule has 6 rings (SSSR count). The molecule has 0 bridgehead atoms. The fourth-order valence-electron chi connectivity index (χ4n) is 6.45. The number of hydrogen-bond donors (Lipinski definition) is 0. The highest BCUT2D eigenvalue weighted by atomic mass is 35.5. The molecule has 2 aliphatic carbocycles. The van der Waals surface area contributed by atoms with Crippen LogP contribution < -0.4 is 0 Å². The van der Waals surface area contributed by atoms with Gasteiger partial charge in [0.25, 0.3) is 0 Å². The molecule has 224 valence electrons. The molecule has 3 heterocycles. The van der Waals surface area contributed by atoms with Crippen molar-refractivity contribution in [2.75, 3.05) is 6.54 Å². The van der Waals surface area contributed by atoms with Crippen LogP contribution in [0.15, 0.2) is 71.7 Å². The molecule has 1 saturated carbocycles. The minimum Gasteiger partial charge on any atom is -0.291 e. The summed E-state index contributed by atoms with van der Waals surface area (Å²) in [5.74, 6) is 3.97. The standard InChI is InChI=1S/C32H34ClFN6O2S/c1-21(2)20-39(43(4,42)30-12-14-38(3)37-30)27-8-5-23-15-29-22(19-36-40(29)26-9-6-25(34)7-10-26)17-32(23,18-27)31(41)28-16-24(33)11-13-35-28/h6-7,9-16,19,21,27H,4-5,8,17-18,20H2,1-3H3/t27-,32-,43?/m0/s1. The van der Waals surface area contributed by atoms with Crippen LogP contribution in [0, 0.1) is 17.2 Å². The lowest BCUT2D eigenvalue weighted by Gasteiger charge is -2.47. The number of nitrogens with zero attached hydrogens (tertiary/aromatic N) is 6. The average Bonchev–Trinajstić information content (AvgIpc) is 3.60. The molecule has 2 aliphatic rings. The molecular weight excluding hydrogens is 587 g/mol. The summed E-state index contributed by atoms with van der Waals surface area (Å²) in [6, 6.07) is 11.0. The first-order chi connectivity index (χ1) is 20.5. The molecule has 4 aromatic rings. The number of benzene rings is 1. The van der Waals surface area contributed by atoms with Crippen molar-refractivity contribution in [3.8, 4) is 5.69 Å². The van der Waals surface area contributed by atoms with E-state index < -0.39 is 15.1 Å². The van der Waals surface area contributed by atoms with Gasteiger partial charge in [-0.3, -0.25) is 14.5 Å². The number of hydrogen-bond acceptors (Lipinski definition) is 5. The van der Waals surface area contributed by atoms with E-state index >= 15 is 0 Å². The lowest BCUT2D eigenvalue weighted by molar-refractivity contribution is 0.0735. The van der Waals surface area contributed by atoms with Gasteiger partial charge in [0.1, 0.15) is 11.5 Å². The van der Waals surface area contributed by atoms with Crippen LogP contribution in [0.4, 0.5) is 4.39 Å². The quantitative estimate of drug-likeness (QED) is 0.184. The lowest BCUT2D eigenvalue weighted by atomic mass is 9.60. The molecule has 3 aromatic heterocycles. The molecule has 0 saturated heterocycles. The average molecular weight is 621 g/mol. The predicted molar refractivity (Wildman–Crippen MR) is 167 cm³/mol. The van der Waals surface area contributed by atoms with Crippen molar-refractivity contribution in [2.45, 2.75) is 50.6 Å². The van der Waals surface area contributed by atoms with Crippen molar-refractivity contribution in [1.29, 1.82) is 0 Å². The highest BCUT2D eigenvalue weighted by Gasteiger charge is 2.51. The maximum Gasteiger partial charge on any atom is 0.191 e. The van der Waals surface area contributed by atoms with E-state index in [1.165, 1.54) is 12.1 Å². The van der Waals surface area contributed by atoms with Gasteiger partial charge in [0.2, 0.25) is 0 Å². The zero-order valence-electron chi connectivity index (χ0n) is 24.4. The van der Waals surface area contributed by atoms with Crippen LogP contribution in [0.3, 0.4) is 0 Å². The molecule has 0 aliphatic heterocycles. The first kappa shape index (κ1) is 29.5. The smallest absolute Gasteiger partial charge is 0.191 e. The summed E-state index contributed by atoms with van der Waals surface area (Å²) in [5.41, 5.74) is 2.84. The number of pyridine rings is 1. The van der Waals surface area contributed by atoms with E-state index in [2.05, 4.69) is 41.0 Å². The number of halogens is 2. The van der Waals surface area contributed by atoms with Crippen LogP contribution in [-0.2, 0) is 23.2 Å². The Balaban J connectivity index is 1.45. The van der Waals surface area contributed by atoms with E-state index in [-0.39, 0.29) is 23.6 Å². The highest BCUT2D eigenvalue weighted by Crippen LogP contribution is 2.51. The van der Waals surface area contributed by atoms with Crippen molar-refractivity contribution in [2.24, 2.45) is 18.4 Å². The number of aryl methyl sites for hydroxylation is 1. The largest absolute Gasteiger partial charge is 0.291 e. The molecule has 1 aromatic carbocycles. The molecule has 11 heteroatoms. The van der Waals surface area contributed by atoms with Crippen LogP contribution in [0.25, 0.3) is 11.8 Å². The molecule has 8 nitrogen and oxygen atoms in total. The third-order valence-corrected chi connectivity index (χ3v) is 10.8. The predicted octanol–water partition coefficient (Wildman–Crippen LogP) is 5.80. The van der Waals surface area contributed by atoms with Crippen molar-refractivity contribution < 1.29 is 13.4 Å². The van der Waals surface area contributed by atoms with Crippen molar-refractivity contribution >= 4 is 39.0 Å². The molecule has 0 spiro atoms. The monoisotopic (exact) mass is 620 g/mol. The van der Waals surface area contributed by atoms with E-state index in [1.54, 1.807) is 65.3 Å². The molecule has 1 fully saturated rings. The SMILES string of the molecule is C=S(=O)(c1ccn(C)n1)N(CC(C)C)[C@H]1CCC2=Cc3c(cnn3-c3ccc(F)cc3)C[C@]2(C(=O)c2cc(Cl)ccn2)C1. The molecule has 3 atom stereocenters. The maximum atomic E-state index is 14.6. The third kappa shape index (κ3) is 5.36. The molecule has 0 amide bonds. The summed E-state index contributed by atoms with van der Waals surface area (Å²) in [5, 5.41) is 9.96. The molecule has 1 unspecified atom stereocenters. The normalized spacial score (nSPS) is 21.3. The first-order valence-corrected chi connectivity index (χ1v) is 16.4. The van der Waals surface area contributed by atoms with E-state index in [1.807, 2.05) is 4.31 Å². The van der Waals surface area contributed by atoms with Crippen LogP contribution in [0.5, 0.6) is 0 Å². The summed E-state index contributed by atoms with van der Waals surface area (Å²) < 4.78 is 33.5. The van der Waals surface area contributed by atoms with Gasteiger partial charge in [0.15, 0.2) is 10.8 Å². The van der Waals surface area contributed by atoms with Crippen LogP contribution in [0.1, 0.15) is 54.9 Å². The second-order valence-electron chi connectivity index (χ2n) is 11.9. The topological polar surface area (TPSA) is 85.9 Å². The summed E-state index contributed by atoms with van der Waals surface area (Å²) >= 11 is 6.32. The first-order valence-electron chi connectivity index (χ1n) is 14.3. The van der Waals surface area contributed by atoms with Gasteiger partial charge >= 0.3 is 0 Å². The van der Waals surface area contributed by atoms with E-state index in [4.69, 9.17) is 11.6 Å². The fourth-order valence-corrected chi connectivity index (χ4v) is 8.58. The number of carbonyl (C=O) groups excluding carboxylic acids is 1. The Morgan fingerprint density at radius 3 is 2.70 bits per heavy atom. The van der Waals surface area contributed by atoms with Gasteiger partial charge in [-0.05, 0) is 91.6 Å². The summed E-state index contributed by atoms with van der Waals surface area (Å²) in [7, 11) is -1.15. The van der Waals surface area contributed by atoms with Gasteiger partial charge in [-0.15, -0.1) is 0 Å². The minimum atomic E-state index is -2.95. The third-order valence-electron chi connectivity index (χ3n) is 8.44. The number of Topliss-reactive ketones (excluding diaryl/α,β-unsaturated/α-hetero) is 1. The Labute approximate surface area is 256 Å². The Morgan fingerprint density at radius 1 is 1.26 bits per heavy atom. The summed E-state index contributed by atoms with van der Waals surface area (Å²) in [4.78, 5) is 19.0. The van der Waals surface area contributed by atoms with Gasteiger partial charge in [-0.25, -0.2) is 17.6 Å². The zero-order chi connectivity index (χ0) is 30.5. The number of allylic oxidation sites excluding steroid dienone is 1. The van der Waals surface area contributed by atoms with Crippen LogP contribution in [0.2, 0.25) is 5.02 Å². The number of fused-ring (bicyclic) bond motifs is 2. The van der Waals surface area contributed by atoms with Crippen molar-refractivity contribution in [3.63, 3.8) is 0 Å². The van der Waals surface area contributed by atoms with E-state index in [0.717, 1.165) is 22.5 Å². The number of ketones is 1. The number of rotatable bonds is 8. The maximum absolute atomic E-state index is 14.6. The molecule has 0 N–H and O–H groups in total. The Morgan fingerprint density at radius 2 is 2.02 bits per heavy atom. The second kappa shape index (κ2) is 11.2. The Bertz CT molecular complexity index is 1830. The van der Waals surface area contributed by atoms with Gasteiger partial charge in [-0.2, -0.15) is 10.2 Å². The minimum absolute atomic E-state index is 0.121. The summed E-state index contributed by atoms with van der Waals surface area (Å²) in [6.45, 7) is 4.71. The van der Waals surface area contributed by atoms with Crippen LogP contribution in [-0.4, -0.2) is 57.3 Å². The Kier molecular flexibility index (Phi) is 7.64. The molecular formula is C32H34ClFN6O2S. The van der Waals surface area contributed by atoms with Gasteiger partial charge < -0.3 is 0 Å². The van der Waals surface area contributed by atoms with Crippen molar-refractivity contribution in [3.05, 3.63) is 94.4 Å². The van der Waals surface area contributed by atoms with E-state index in [0.29, 0.717) is 48.0 Å². The zero-order valence-corrected chi connectivity index (χ0v) is 26.0. The number of aromatic nitrogens is 5. The molecule has 0 radical (unpaired) electrons. The lowest BCUT2D eigenvalue weighted by Crippen LogP contribution is -2.51. The fraction of sp³-hybridized carbons (Fsp3) is 0.344. The van der Waals surface area contributed by atoms with Gasteiger partial charge in [0, 0.05) is 37.1 Å². The Hall–Kier alpha value is -3.60. The molecule has 43 heavy (non-hydrogen) atoms. The van der Waals surface area contributed by atoms with Gasteiger partial charge in [-0.1, -0.05) is 31.0 Å².